The van der Waals surface area contributed by atoms with Crippen LogP contribution < -0.4 is 10.3 Å². The van der Waals surface area contributed by atoms with Crippen molar-refractivity contribution in [2.24, 2.45) is 0 Å². The molecule has 0 aromatic carbocycles. The first-order valence-electron chi connectivity index (χ1n) is 4.76. The van der Waals surface area contributed by atoms with Gasteiger partial charge in [-0.3, -0.25) is 4.79 Å². The van der Waals surface area contributed by atoms with E-state index in [1.54, 1.807) is 7.11 Å². The van der Waals surface area contributed by atoms with Crippen molar-refractivity contribution in [2.45, 2.75) is 25.9 Å². The molecule has 1 aromatic heterocycles. The number of ether oxygens (including phenoxy) is 2. The lowest BCUT2D eigenvalue weighted by Crippen LogP contribution is -2.25. The lowest BCUT2D eigenvalue weighted by atomic mass is 10.1. The van der Waals surface area contributed by atoms with Crippen molar-refractivity contribution >= 4 is 0 Å². The number of methoxy groups -OCH3 is 1. The number of nitrogens with one attached hydrogen (secondary N) is 1. The minimum absolute atomic E-state index is 0.214. The highest BCUT2D eigenvalue weighted by molar-refractivity contribution is 5.12. The van der Waals surface area contributed by atoms with Crippen LogP contribution >= 0.6 is 0 Å². The third kappa shape index (κ3) is 4.12. The van der Waals surface area contributed by atoms with Gasteiger partial charge in [0.2, 0.25) is 0 Å². The normalized spacial score (nSPS) is 11.4. The van der Waals surface area contributed by atoms with Gasteiger partial charge in [0.1, 0.15) is 5.75 Å². The summed E-state index contributed by atoms with van der Waals surface area (Å²) in [4.78, 5) is 10.9. The van der Waals surface area contributed by atoms with Gasteiger partial charge in [-0.2, -0.15) is 5.10 Å². The number of H-pyrrole nitrogens is 1. The van der Waals surface area contributed by atoms with Crippen LogP contribution in [0.5, 0.6) is 5.75 Å². The Hall–Kier alpha value is -1.36. The summed E-state index contributed by atoms with van der Waals surface area (Å²) in [5.41, 5.74) is -0.479. The summed E-state index contributed by atoms with van der Waals surface area (Å²) in [5.74, 6) is 0.477. The predicted molar refractivity (Wildman–Crippen MR) is 56.1 cm³/mol. The summed E-state index contributed by atoms with van der Waals surface area (Å²) in [5, 5.41) is 5.90. The zero-order valence-corrected chi connectivity index (χ0v) is 9.24. The van der Waals surface area contributed by atoms with Crippen molar-refractivity contribution < 1.29 is 9.47 Å². The Morgan fingerprint density at radius 3 is 2.87 bits per heavy atom. The first-order chi connectivity index (χ1) is 7.03. The molecule has 1 aromatic rings. The van der Waals surface area contributed by atoms with Crippen LogP contribution in [0.25, 0.3) is 0 Å². The van der Waals surface area contributed by atoms with E-state index in [9.17, 15) is 4.79 Å². The molecular weight excluding hydrogens is 196 g/mol. The van der Waals surface area contributed by atoms with Gasteiger partial charge in [0.05, 0.1) is 18.4 Å². The van der Waals surface area contributed by atoms with Crippen LogP contribution in [-0.4, -0.2) is 29.5 Å². The number of hydrogen-bond acceptors (Lipinski definition) is 4. The van der Waals surface area contributed by atoms with Crippen LogP contribution in [0, 0.1) is 0 Å². The van der Waals surface area contributed by atoms with Crippen molar-refractivity contribution in [1.29, 1.82) is 0 Å². The van der Waals surface area contributed by atoms with Gasteiger partial charge in [-0.1, -0.05) is 0 Å². The van der Waals surface area contributed by atoms with Crippen molar-refractivity contribution in [2.75, 3.05) is 13.7 Å². The van der Waals surface area contributed by atoms with Crippen molar-refractivity contribution in [3.8, 4) is 5.75 Å². The SMILES string of the molecule is COC(C)(C)CCOc1cn[nH]c(=O)c1. The second-order valence-corrected chi connectivity index (χ2v) is 3.84. The molecule has 0 saturated heterocycles. The first-order valence-corrected chi connectivity index (χ1v) is 4.76. The van der Waals surface area contributed by atoms with Crippen LogP contribution in [-0.2, 0) is 4.74 Å². The number of hydrogen-bond donors (Lipinski definition) is 1. The topological polar surface area (TPSA) is 64.2 Å². The number of aromatic nitrogens is 2. The van der Waals surface area contributed by atoms with Crippen LogP contribution in [0.3, 0.4) is 0 Å². The second-order valence-electron chi connectivity index (χ2n) is 3.84. The highest BCUT2D eigenvalue weighted by Crippen LogP contribution is 2.13. The van der Waals surface area contributed by atoms with Crippen molar-refractivity contribution in [3.05, 3.63) is 22.6 Å². The molecule has 0 aliphatic carbocycles. The number of nitrogens with zero attached hydrogens (tertiary/aromatic N) is 1. The van der Waals surface area contributed by atoms with Crippen LogP contribution in [0.4, 0.5) is 0 Å². The molecule has 0 amide bonds. The Labute approximate surface area is 88.4 Å². The van der Waals surface area contributed by atoms with Crippen molar-refractivity contribution in [1.82, 2.24) is 10.2 Å². The summed E-state index contributed by atoms with van der Waals surface area (Å²) in [6.45, 7) is 4.45. The molecule has 84 valence electrons. The molecule has 1 N–H and O–H groups in total. The van der Waals surface area contributed by atoms with Gasteiger partial charge in [-0.25, -0.2) is 5.10 Å². The standard InChI is InChI=1S/C10H16N2O3/c1-10(2,14-3)4-5-15-8-6-9(13)12-11-7-8/h6-7H,4-5H2,1-3H3,(H,12,13). The molecule has 0 aliphatic rings. The van der Waals surface area contributed by atoms with Crippen LogP contribution in [0.1, 0.15) is 20.3 Å². The molecule has 0 aliphatic heterocycles. The fraction of sp³-hybridized carbons (Fsp3) is 0.600. The summed E-state index contributed by atoms with van der Waals surface area (Å²) in [7, 11) is 1.66. The maximum atomic E-state index is 10.9. The lowest BCUT2D eigenvalue weighted by molar-refractivity contribution is 0.00541. The van der Waals surface area contributed by atoms with E-state index in [1.165, 1.54) is 12.3 Å². The van der Waals surface area contributed by atoms with Gasteiger partial charge in [0, 0.05) is 19.6 Å². The van der Waals surface area contributed by atoms with Gasteiger partial charge in [0.15, 0.2) is 0 Å². The van der Waals surface area contributed by atoms with Gasteiger partial charge in [-0.15, -0.1) is 0 Å². The Kier molecular flexibility index (Phi) is 3.85. The molecule has 0 radical (unpaired) electrons. The molecule has 5 nitrogen and oxygen atoms in total. The van der Waals surface area contributed by atoms with Gasteiger partial charge in [-0.05, 0) is 13.8 Å². The molecule has 1 rings (SSSR count). The van der Waals surface area contributed by atoms with E-state index in [0.717, 1.165) is 6.42 Å². The molecule has 0 bridgehead atoms. The monoisotopic (exact) mass is 212 g/mol. The highest BCUT2D eigenvalue weighted by atomic mass is 16.5. The zero-order chi connectivity index (χ0) is 11.3. The Balaban J connectivity index is 2.41. The summed E-state index contributed by atoms with van der Waals surface area (Å²) in [6, 6.07) is 1.37. The molecule has 0 unspecified atom stereocenters. The van der Waals surface area contributed by atoms with E-state index in [2.05, 4.69) is 10.2 Å². The summed E-state index contributed by atoms with van der Waals surface area (Å²) >= 11 is 0. The fourth-order valence-electron chi connectivity index (χ4n) is 0.954. The van der Waals surface area contributed by atoms with E-state index >= 15 is 0 Å². The number of aromatic amines is 1. The molecule has 0 fully saturated rings. The third-order valence-corrected chi connectivity index (χ3v) is 2.17. The molecule has 15 heavy (non-hydrogen) atoms. The summed E-state index contributed by atoms with van der Waals surface area (Å²) in [6.07, 6.45) is 2.22. The van der Waals surface area contributed by atoms with E-state index in [-0.39, 0.29) is 11.2 Å². The fourth-order valence-corrected chi connectivity index (χ4v) is 0.954. The van der Waals surface area contributed by atoms with E-state index < -0.39 is 0 Å². The van der Waals surface area contributed by atoms with Crippen LogP contribution in [0.2, 0.25) is 0 Å². The average molecular weight is 212 g/mol. The van der Waals surface area contributed by atoms with Gasteiger partial charge >= 0.3 is 0 Å². The zero-order valence-electron chi connectivity index (χ0n) is 9.24. The smallest absolute Gasteiger partial charge is 0.267 e. The average Bonchev–Trinajstić information content (AvgIpc) is 2.18. The maximum Gasteiger partial charge on any atom is 0.267 e. The van der Waals surface area contributed by atoms with E-state index in [0.29, 0.717) is 12.4 Å². The molecule has 0 atom stereocenters. The largest absolute Gasteiger partial charge is 0.492 e. The molecule has 5 heteroatoms. The predicted octanol–water partition coefficient (Wildman–Crippen LogP) is 0.964. The van der Waals surface area contributed by atoms with Crippen LogP contribution in [0.15, 0.2) is 17.1 Å². The Morgan fingerprint density at radius 1 is 1.53 bits per heavy atom. The van der Waals surface area contributed by atoms with Crippen molar-refractivity contribution in [3.63, 3.8) is 0 Å². The minimum Gasteiger partial charge on any atom is -0.492 e. The quantitative estimate of drug-likeness (QED) is 0.789. The lowest BCUT2D eigenvalue weighted by Gasteiger charge is -2.22. The van der Waals surface area contributed by atoms with E-state index in [1.807, 2.05) is 13.8 Å². The maximum absolute atomic E-state index is 10.9. The molecular formula is C10H16N2O3. The molecule has 0 spiro atoms. The van der Waals surface area contributed by atoms with Gasteiger partial charge in [0.25, 0.3) is 5.56 Å². The highest BCUT2D eigenvalue weighted by Gasteiger charge is 2.15. The second kappa shape index (κ2) is 4.93. The Morgan fingerprint density at radius 2 is 2.27 bits per heavy atom. The minimum atomic E-state index is -0.265. The van der Waals surface area contributed by atoms with E-state index in [4.69, 9.17) is 9.47 Å². The number of rotatable bonds is 5. The molecule has 1 heterocycles. The molecule has 0 saturated carbocycles. The third-order valence-electron chi connectivity index (χ3n) is 2.17. The van der Waals surface area contributed by atoms with Gasteiger partial charge < -0.3 is 9.47 Å². The Bertz CT molecular complexity index is 360. The first kappa shape index (κ1) is 11.7. The summed E-state index contributed by atoms with van der Waals surface area (Å²) < 4.78 is 10.6.